The second kappa shape index (κ2) is 8.04. The maximum absolute atomic E-state index is 12.4. The average Bonchev–Trinajstić information content (AvgIpc) is 2.80. The fourth-order valence-electron chi connectivity index (χ4n) is 3.28. The van der Waals surface area contributed by atoms with Crippen LogP contribution in [0.1, 0.15) is 44.9 Å². The van der Waals surface area contributed by atoms with E-state index in [1.807, 2.05) is 0 Å². The lowest BCUT2D eigenvalue weighted by Gasteiger charge is -2.25. The van der Waals surface area contributed by atoms with Crippen molar-refractivity contribution >= 4 is 6.03 Å². The largest absolute Gasteiger partial charge is 0.401 e. The number of carbonyl (C=O) groups excluding carboxylic acids is 1. The van der Waals surface area contributed by atoms with Gasteiger partial charge in [-0.15, -0.1) is 0 Å². The second-order valence-electron chi connectivity index (χ2n) is 6.37. The lowest BCUT2D eigenvalue weighted by molar-refractivity contribution is -0.145. The predicted octanol–water partition coefficient (Wildman–Crippen LogP) is 2.99. The van der Waals surface area contributed by atoms with Gasteiger partial charge in [-0.2, -0.15) is 13.2 Å². The van der Waals surface area contributed by atoms with Crippen molar-refractivity contribution in [3.8, 4) is 0 Å². The summed E-state index contributed by atoms with van der Waals surface area (Å²) < 4.78 is 37.3. The Morgan fingerprint density at radius 3 is 2.27 bits per heavy atom. The highest BCUT2D eigenvalue weighted by Crippen LogP contribution is 2.19. The molecule has 0 unspecified atom stereocenters. The molecule has 1 N–H and O–H groups in total. The molecule has 2 aliphatic rings. The summed E-state index contributed by atoms with van der Waals surface area (Å²) >= 11 is 0. The maximum Gasteiger partial charge on any atom is 0.401 e. The molecule has 2 amide bonds. The van der Waals surface area contributed by atoms with E-state index in [0.29, 0.717) is 26.1 Å². The number of nitrogens with zero attached hydrogens (tertiary/aromatic N) is 2. The third-order valence-electron chi connectivity index (χ3n) is 4.46. The summed E-state index contributed by atoms with van der Waals surface area (Å²) in [7, 11) is 0. The lowest BCUT2D eigenvalue weighted by Crippen LogP contribution is -2.46. The van der Waals surface area contributed by atoms with Gasteiger partial charge in [0.05, 0.1) is 6.54 Å². The summed E-state index contributed by atoms with van der Waals surface area (Å²) in [4.78, 5) is 15.4. The monoisotopic (exact) mass is 321 g/mol. The van der Waals surface area contributed by atoms with Crippen LogP contribution in [0, 0.1) is 0 Å². The minimum Gasteiger partial charge on any atom is -0.335 e. The number of halogens is 3. The molecule has 128 valence electrons. The van der Waals surface area contributed by atoms with Gasteiger partial charge in [0.2, 0.25) is 0 Å². The van der Waals surface area contributed by atoms with E-state index in [1.54, 1.807) is 4.90 Å². The highest BCUT2D eigenvalue weighted by molar-refractivity contribution is 5.74. The second-order valence-corrected chi connectivity index (χ2v) is 6.37. The van der Waals surface area contributed by atoms with Gasteiger partial charge >= 0.3 is 12.2 Å². The maximum atomic E-state index is 12.4. The smallest absolute Gasteiger partial charge is 0.335 e. The van der Waals surface area contributed by atoms with Crippen LogP contribution in [-0.2, 0) is 0 Å². The van der Waals surface area contributed by atoms with E-state index in [9.17, 15) is 18.0 Å². The first-order valence-electron chi connectivity index (χ1n) is 8.28. The molecule has 7 heteroatoms. The van der Waals surface area contributed by atoms with Crippen LogP contribution in [0.4, 0.5) is 18.0 Å². The van der Waals surface area contributed by atoms with E-state index < -0.39 is 12.7 Å². The molecule has 0 aromatic carbocycles. The molecule has 22 heavy (non-hydrogen) atoms. The zero-order valence-electron chi connectivity index (χ0n) is 13.0. The fraction of sp³-hybridized carbons (Fsp3) is 0.933. The van der Waals surface area contributed by atoms with Crippen LogP contribution in [0.15, 0.2) is 0 Å². The number of amides is 2. The summed E-state index contributed by atoms with van der Waals surface area (Å²) in [5.74, 6) is 0. The van der Waals surface area contributed by atoms with Crippen molar-refractivity contribution in [3.63, 3.8) is 0 Å². The van der Waals surface area contributed by atoms with Crippen LogP contribution in [-0.4, -0.2) is 60.8 Å². The molecule has 0 aromatic rings. The molecule has 0 atom stereocenters. The fourth-order valence-corrected chi connectivity index (χ4v) is 3.28. The van der Waals surface area contributed by atoms with E-state index in [0.717, 1.165) is 25.7 Å². The van der Waals surface area contributed by atoms with Gasteiger partial charge in [-0.05, 0) is 19.3 Å². The first-order chi connectivity index (χ1) is 10.4. The zero-order valence-corrected chi connectivity index (χ0v) is 13.0. The highest BCUT2D eigenvalue weighted by Gasteiger charge is 2.32. The Bertz CT molecular complexity index is 354. The van der Waals surface area contributed by atoms with Gasteiger partial charge in [-0.25, -0.2) is 4.79 Å². The van der Waals surface area contributed by atoms with Gasteiger partial charge in [-0.3, -0.25) is 4.90 Å². The Labute approximate surface area is 130 Å². The molecule has 1 heterocycles. The highest BCUT2D eigenvalue weighted by atomic mass is 19.4. The van der Waals surface area contributed by atoms with Gasteiger partial charge in [0.25, 0.3) is 0 Å². The Morgan fingerprint density at radius 1 is 0.955 bits per heavy atom. The molecule has 2 rings (SSSR count). The van der Waals surface area contributed by atoms with Gasteiger partial charge < -0.3 is 10.2 Å². The minimum absolute atomic E-state index is 0.110. The van der Waals surface area contributed by atoms with E-state index in [-0.39, 0.29) is 18.6 Å². The molecule has 4 nitrogen and oxygen atoms in total. The number of nitrogens with one attached hydrogen (secondary N) is 1. The van der Waals surface area contributed by atoms with Crippen LogP contribution in [0.2, 0.25) is 0 Å². The van der Waals surface area contributed by atoms with Crippen LogP contribution in [0.3, 0.4) is 0 Å². The molecule has 1 aliphatic carbocycles. The van der Waals surface area contributed by atoms with Gasteiger partial charge in [0.1, 0.15) is 0 Å². The van der Waals surface area contributed by atoms with Crippen molar-refractivity contribution in [2.45, 2.75) is 57.2 Å². The first kappa shape index (κ1) is 17.4. The normalized spacial score (nSPS) is 23.0. The molecule has 0 spiro atoms. The summed E-state index contributed by atoms with van der Waals surface area (Å²) in [6.45, 7) is 0.705. The molecule has 0 radical (unpaired) electrons. The van der Waals surface area contributed by atoms with Crippen molar-refractivity contribution in [1.82, 2.24) is 15.1 Å². The molecule has 1 aliphatic heterocycles. The number of rotatable bonds is 2. The molecule has 1 saturated heterocycles. The average molecular weight is 321 g/mol. The number of urea groups is 1. The van der Waals surface area contributed by atoms with Crippen LogP contribution < -0.4 is 5.32 Å². The standard InChI is InChI=1S/C15H26F3N3O/c16-15(17,18)12-20-8-5-9-21(11-10-20)14(22)19-13-6-3-1-2-4-7-13/h13H,1-12H2,(H,19,22). The molecular formula is C15H26F3N3O. The topological polar surface area (TPSA) is 35.6 Å². The van der Waals surface area contributed by atoms with E-state index >= 15 is 0 Å². The number of alkyl halides is 3. The van der Waals surface area contributed by atoms with Crippen LogP contribution in [0.25, 0.3) is 0 Å². The summed E-state index contributed by atoms with van der Waals surface area (Å²) in [6, 6.07) is 0.116. The Hall–Kier alpha value is -0.980. The zero-order chi connectivity index (χ0) is 16.0. The van der Waals surface area contributed by atoms with Crippen molar-refractivity contribution in [1.29, 1.82) is 0 Å². The number of carbonyl (C=O) groups is 1. The van der Waals surface area contributed by atoms with Crippen LogP contribution in [0.5, 0.6) is 0 Å². The molecule has 1 saturated carbocycles. The Balaban J connectivity index is 1.78. The SMILES string of the molecule is O=C(NC1CCCCCC1)N1CCCN(CC(F)(F)F)CC1. The predicted molar refractivity (Wildman–Crippen MR) is 78.7 cm³/mol. The van der Waals surface area contributed by atoms with Crippen molar-refractivity contribution in [2.75, 3.05) is 32.7 Å². The van der Waals surface area contributed by atoms with Crippen molar-refractivity contribution in [2.24, 2.45) is 0 Å². The van der Waals surface area contributed by atoms with Gasteiger partial charge in [0.15, 0.2) is 0 Å². The third kappa shape index (κ3) is 6.02. The van der Waals surface area contributed by atoms with Crippen LogP contribution >= 0.6 is 0 Å². The van der Waals surface area contributed by atoms with Gasteiger partial charge in [0, 0.05) is 32.2 Å². The third-order valence-corrected chi connectivity index (χ3v) is 4.46. The summed E-state index contributed by atoms with van der Waals surface area (Å²) in [6.07, 6.45) is 3.19. The van der Waals surface area contributed by atoms with E-state index in [1.165, 1.54) is 17.7 Å². The van der Waals surface area contributed by atoms with E-state index in [2.05, 4.69) is 5.32 Å². The first-order valence-corrected chi connectivity index (χ1v) is 8.28. The Morgan fingerprint density at radius 2 is 1.64 bits per heavy atom. The minimum atomic E-state index is -4.17. The Kier molecular flexibility index (Phi) is 6.35. The molecule has 0 aromatic heterocycles. The number of hydrogen-bond acceptors (Lipinski definition) is 2. The van der Waals surface area contributed by atoms with E-state index in [4.69, 9.17) is 0 Å². The lowest BCUT2D eigenvalue weighted by atomic mass is 10.1. The summed E-state index contributed by atoms with van der Waals surface area (Å²) in [5, 5.41) is 3.07. The number of hydrogen-bond donors (Lipinski definition) is 1. The molecule has 0 bridgehead atoms. The van der Waals surface area contributed by atoms with Gasteiger partial charge in [-0.1, -0.05) is 25.7 Å². The van der Waals surface area contributed by atoms with Crippen molar-refractivity contribution < 1.29 is 18.0 Å². The van der Waals surface area contributed by atoms with Crippen molar-refractivity contribution in [3.05, 3.63) is 0 Å². The quantitative estimate of drug-likeness (QED) is 0.794. The molecular weight excluding hydrogens is 295 g/mol. The molecule has 2 fully saturated rings. The summed E-state index contributed by atoms with van der Waals surface area (Å²) in [5.41, 5.74) is 0.